The monoisotopic (exact) mass is 387 g/mol. The standard InChI is InChI=1S/C16H29N5O6/c17-6-2-1-4-10(18)16(27)21-7-3-5-12(21)15(26)20-11(9-22)14(25)19-8-13(23)24/h10-12,22H,1-9,17-18H2,(H,19,25)(H,20,26)(H,23,24). The summed E-state index contributed by atoms with van der Waals surface area (Å²) in [4.78, 5) is 48.7. The molecule has 1 heterocycles. The second-order valence-corrected chi connectivity index (χ2v) is 6.44. The van der Waals surface area contributed by atoms with Crippen LogP contribution >= 0.6 is 0 Å². The number of unbranched alkanes of at least 4 members (excludes halogenated alkanes) is 1. The Kier molecular flexibility index (Phi) is 9.68. The molecule has 0 aromatic heterocycles. The minimum absolute atomic E-state index is 0.333. The number of nitrogens with two attached hydrogens (primary N) is 2. The van der Waals surface area contributed by atoms with Crippen molar-refractivity contribution in [3.05, 3.63) is 0 Å². The van der Waals surface area contributed by atoms with Gasteiger partial charge in [0.05, 0.1) is 12.6 Å². The van der Waals surface area contributed by atoms with Crippen LogP contribution in [-0.4, -0.2) is 83.2 Å². The van der Waals surface area contributed by atoms with Crippen molar-refractivity contribution in [2.75, 3.05) is 26.2 Å². The van der Waals surface area contributed by atoms with Gasteiger partial charge in [0.15, 0.2) is 0 Å². The van der Waals surface area contributed by atoms with Gasteiger partial charge in [-0.1, -0.05) is 6.42 Å². The minimum Gasteiger partial charge on any atom is -0.480 e. The molecule has 0 aliphatic carbocycles. The number of carbonyl (C=O) groups excluding carboxylic acids is 3. The molecular formula is C16H29N5O6. The molecule has 0 aromatic rings. The Morgan fingerprint density at radius 1 is 1.22 bits per heavy atom. The number of aliphatic hydroxyl groups excluding tert-OH is 1. The molecule has 11 heteroatoms. The fourth-order valence-electron chi connectivity index (χ4n) is 2.90. The van der Waals surface area contributed by atoms with E-state index in [0.29, 0.717) is 38.8 Å². The van der Waals surface area contributed by atoms with E-state index in [0.717, 1.165) is 6.42 Å². The van der Waals surface area contributed by atoms with E-state index < -0.39 is 49.1 Å². The first-order valence-corrected chi connectivity index (χ1v) is 8.98. The van der Waals surface area contributed by atoms with E-state index in [1.165, 1.54) is 4.90 Å². The summed E-state index contributed by atoms with van der Waals surface area (Å²) in [5, 5.41) is 22.3. The summed E-state index contributed by atoms with van der Waals surface area (Å²) in [5.74, 6) is -2.98. The molecular weight excluding hydrogens is 358 g/mol. The van der Waals surface area contributed by atoms with Gasteiger partial charge in [-0.25, -0.2) is 0 Å². The van der Waals surface area contributed by atoms with Crippen molar-refractivity contribution in [3.63, 3.8) is 0 Å². The van der Waals surface area contributed by atoms with Crippen LogP contribution in [-0.2, 0) is 19.2 Å². The predicted octanol–water partition coefficient (Wildman–Crippen LogP) is -2.89. The van der Waals surface area contributed by atoms with Crippen molar-refractivity contribution in [3.8, 4) is 0 Å². The van der Waals surface area contributed by atoms with Crippen LogP contribution in [0.4, 0.5) is 0 Å². The largest absolute Gasteiger partial charge is 0.480 e. The van der Waals surface area contributed by atoms with Gasteiger partial charge in [-0.3, -0.25) is 19.2 Å². The summed E-state index contributed by atoms with van der Waals surface area (Å²) in [5.41, 5.74) is 11.3. The number of likely N-dealkylation sites (tertiary alicyclic amines) is 1. The summed E-state index contributed by atoms with van der Waals surface area (Å²) in [6.07, 6.45) is 2.98. The molecule has 1 fully saturated rings. The first-order valence-electron chi connectivity index (χ1n) is 8.98. The summed E-state index contributed by atoms with van der Waals surface area (Å²) >= 11 is 0. The van der Waals surface area contributed by atoms with E-state index >= 15 is 0 Å². The minimum atomic E-state index is -1.30. The van der Waals surface area contributed by atoms with Crippen molar-refractivity contribution < 1.29 is 29.4 Å². The van der Waals surface area contributed by atoms with Gasteiger partial charge in [0.25, 0.3) is 0 Å². The number of carboxylic acids is 1. The lowest BCUT2D eigenvalue weighted by Crippen LogP contribution is -2.56. The van der Waals surface area contributed by atoms with Gasteiger partial charge < -0.3 is 37.2 Å². The highest BCUT2D eigenvalue weighted by Crippen LogP contribution is 2.19. The van der Waals surface area contributed by atoms with Crippen LogP contribution in [0.2, 0.25) is 0 Å². The normalized spacial score (nSPS) is 18.6. The van der Waals surface area contributed by atoms with E-state index in [9.17, 15) is 24.3 Å². The fraction of sp³-hybridized carbons (Fsp3) is 0.750. The number of aliphatic carboxylic acids is 1. The van der Waals surface area contributed by atoms with Crippen LogP contribution in [0.15, 0.2) is 0 Å². The van der Waals surface area contributed by atoms with Crippen molar-refractivity contribution in [2.24, 2.45) is 11.5 Å². The Morgan fingerprint density at radius 3 is 2.52 bits per heavy atom. The number of rotatable bonds is 11. The van der Waals surface area contributed by atoms with Crippen LogP contribution in [0.1, 0.15) is 32.1 Å². The molecule has 1 saturated heterocycles. The Balaban J connectivity index is 2.64. The molecule has 0 bridgehead atoms. The zero-order chi connectivity index (χ0) is 20.4. The first kappa shape index (κ1) is 22.8. The number of hydrogen-bond donors (Lipinski definition) is 6. The lowest BCUT2D eigenvalue weighted by Gasteiger charge is -2.28. The maximum absolute atomic E-state index is 12.5. The molecule has 1 aliphatic rings. The predicted molar refractivity (Wildman–Crippen MR) is 95.3 cm³/mol. The topological polar surface area (TPSA) is 188 Å². The molecule has 3 amide bonds. The third-order valence-corrected chi connectivity index (χ3v) is 4.35. The summed E-state index contributed by atoms with van der Waals surface area (Å²) in [6.45, 7) is -0.425. The average molecular weight is 387 g/mol. The molecule has 1 rings (SSSR count). The first-order chi connectivity index (χ1) is 12.8. The smallest absolute Gasteiger partial charge is 0.322 e. The van der Waals surface area contributed by atoms with Gasteiger partial charge in [-0.15, -0.1) is 0 Å². The number of nitrogens with one attached hydrogen (secondary N) is 2. The Bertz CT molecular complexity index is 543. The third kappa shape index (κ3) is 7.12. The van der Waals surface area contributed by atoms with Crippen LogP contribution in [0, 0.1) is 0 Å². The molecule has 3 unspecified atom stereocenters. The van der Waals surface area contributed by atoms with Crippen molar-refractivity contribution >= 4 is 23.7 Å². The van der Waals surface area contributed by atoms with Crippen LogP contribution in [0.25, 0.3) is 0 Å². The second-order valence-electron chi connectivity index (χ2n) is 6.44. The number of aliphatic hydroxyl groups is 1. The van der Waals surface area contributed by atoms with E-state index in [2.05, 4.69) is 10.6 Å². The zero-order valence-electron chi connectivity index (χ0n) is 15.2. The van der Waals surface area contributed by atoms with E-state index in [-0.39, 0.29) is 5.91 Å². The van der Waals surface area contributed by atoms with Crippen LogP contribution in [0.3, 0.4) is 0 Å². The SMILES string of the molecule is NCCCCC(N)C(=O)N1CCCC1C(=O)NC(CO)C(=O)NCC(=O)O. The Hall–Kier alpha value is -2.24. The van der Waals surface area contributed by atoms with Gasteiger partial charge in [0, 0.05) is 6.54 Å². The van der Waals surface area contributed by atoms with Crippen LogP contribution in [0.5, 0.6) is 0 Å². The fourth-order valence-corrected chi connectivity index (χ4v) is 2.90. The number of nitrogens with zero attached hydrogens (tertiary/aromatic N) is 1. The van der Waals surface area contributed by atoms with E-state index in [4.69, 9.17) is 16.6 Å². The van der Waals surface area contributed by atoms with Crippen molar-refractivity contribution in [2.45, 2.75) is 50.2 Å². The van der Waals surface area contributed by atoms with Gasteiger partial charge in [0.1, 0.15) is 18.6 Å². The molecule has 3 atom stereocenters. The molecule has 0 saturated carbocycles. The van der Waals surface area contributed by atoms with Gasteiger partial charge >= 0.3 is 5.97 Å². The molecule has 0 aromatic carbocycles. The Labute approximate surface area is 157 Å². The molecule has 0 radical (unpaired) electrons. The maximum atomic E-state index is 12.5. The molecule has 11 nitrogen and oxygen atoms in total. The van der Waals surface area contributed by atoms with Crippen molar-refractivity contribution in [1.29, 1.82) is 0 Å². The zero-order valence-corrected chi connectivity index (χ0v) is 15.2. The molecule has 1 aliphatic heterocycles. The van der Waals surface area contributed by atoms with Gasteiger partial charge in [0.2, 0.25) is 17.7 Å². The maximum Gasteiger partial charge on any atom is 0.322 e. The highest BCUT2D eigenvalue weighted by Gasteiger charge is 2.37. The molecule has 154 valence electrons. The second kappa shape index (κ2) is 11.5. The van der Waals surface area contributed by atoms with Gasteiger partial charge in [-0.05, 0) is 32.2 Å². The van der Waals surface area contributed by atoms with Crippen molar-refractivity contribution in [1.82, 2.24) is 15.5 Å². The number of carboxylic acid groups (broad SMARTS) is 1. The summed E-state index contributed by atoms with van der Waals surface area (Å²) < 4.78 is 0. The number of carbonyl (C=O) groups is 4. The third-order valence-electron chi connectivity index (χ3n) is 4.35. The van der Waals surface area contributed by atoms with E-state index in [1.54, 1.807) is 0 Å². The molecule has 0 spiro atoms. The lowest BCUT2D eigenvalue weighted by atomic mass is 10.1. The lowest BCUT2D eigenvalue weighted by molar-refractivity contribution is -0.141. The number of amides is 3. The number of hydrogen-bond acceptors (Lipinski definition) is 7. The highest BCUT2D eigenvalue weighted by molar-refractivity contribution is 5.94. The van der Waals surface area contributed by atoms with E-state index in [1.807, 2.05) is 0 Å². The summed E-state index contributed by atoms with van der Waals surface area (Å²) in [6, 6.07) is -2.80. The van der Waals surface area contributed by atoms with Crippen LogP contribution < -0.4 is 22.1 Å². The summed E-state index contributed by atoms with van der Waals surface area (Å²) in [7, 11) is 0. The average Bonchev–Trinajstić information content (AvgIpc) is 3.13. The Morgan fingerprint density at radius 2 is 1.93 bits per heavy atom. The van der Waals surface area contributed by atoms with Gasteiger partial charge in [-0.2, -0.15) is 0 Å². The molecule has 8 N–H and O–H groups in total. The highest BCUT2D eigenvalue weighted by atomic mass is 16.4. The molecule has 27 heavy (non-hydrogen) atoms. The quantitative estimate of drug-likeness (QED) is 0.204.